The van der Waals surface area contributed by atoms with Crippen LogP contribution in [0, 0.1) is 0 Å². The monoisotopic (exact) mass is 784 g/mol. The van der Waals surface area contributed by atoms with Crippen LogP contribution < -0.4 is 43.0 Å². The second-order valence-electron chi connectivity index (χ2n) is 11.4. The fraction of sp³-hybridized carbons (Fsp3) is 0.118. The minimum Gasteiger partial charge on any atom is -0.456 e. The maximum Gasteiger partial charge on any atom is 0.417 e. The highest BCUT2D eigenvalue weighted by Gasteiger charge is 2.35. The minimum absolute atomic E-state index is 0.0191. The van der Waals surface area contributed by atoms with Gasteiger partial charge in [0.15, 0.2) is 17.7 Å². The van der Waals surface area contributed by atoms with Crippen molar-refractivity contribution in [3.63, 3.8) is 0 Å². The highest BCUT2D eigenvalue weighted by Crippen LogP contribution is 2.41. The Labute approximate surface area is 311 Å². The number of nitrogens with zero attached hydrogens (tertiary/aromatic N) is 4. The Bertz CT molecular complexity index is 2490. The zero-order valence-electron chi connectivity index (χ0n) is 28.9. The lowest BCUT2D eigenvalue weighted by Crippen LogP contribution is -2.36. The van der Waals surface area contributed by atoms with E-state index in [9.17, 15) is 35.9 Å². The van der Waals surface area contributed by atoms with Crippen LogP contribution in [0.3, 0.4) is 0 Å². The average Bonchev–Trinajstić information content (AvgIpc) is 3.77. The van der Waals surface area contributed by atoms with Crippen molar-refractivity contribution >= 4 is 56.9 Å². The molecule has 6 aromatic rings. The Hall–Kier alpha value is -7.52. The maximum atomic E-state index is 13.5. The van der Waals surface area contributed by atoms with Crippen molar-refractivity contribution in [1.29, 1.82) is 0 Å². The number of hydrogen-bond acceptors (Lipinski definition) is 10. The molecule has 4 heterocycles. The van der Waals surface area contributed by atoms with Crippen LogP contribution in [0.1, 0.15) is 32.1 Å². The van der Waals surface area contributed by atoms with Crippen LogP contribution in [0.4, 0.5) is 37.7 Å². The van der Waals surface area contributed by atoms with E-state index in [4.69, 9.17) is 32.4 Å². The van der Waals surface area contributed by atoms with E-state index in [0.29, 0.717) is 11.4 Å². The molecule has 22 heteroatoms. The fourth-order valence-electron chi connectivity index (χ4n) is 5.00. The van der Waals surface area contributed by atoms with E-state index < -0.39 is 35.3 Å². The van der Waals surface area contributed by atoms with Crippen LogP contribution in [0.2, 0.25) is 0 Å². The van der Waals surface area contributed by atoms with Gasteiger partial charge in [0.25, 0.3) is 11.8 Å². The number of aromatic amines is 2. The topological polar surface area (TPSA) is 263 Å². The van der Waals surface area contributed by atoms with Crippen molar-refractivity contribution in [2.45, 2.75) is 12.4 Å². The quantitative estimate of drug-likeness (QED) is 0.0617. The number of alkyl halides is 6. The van der Waals surface area contributed by atoms with E-state index >= 15 is 0 Å². The van der Waals surface area contributed by atoms with E-state index in [1.807, 2.05) is 0 Å². The van der Waals surface area contributed by atoms with Crippen molar-refractivity contribution in [1.82, 2.24) is 30.6 Å². The van der Waals surface area contributed by atoms with Gasteiger partial charge in [-0.1, -0.05) is 0 Å². The van der Waals surface area contributed by atoms with Crippen LogP contribution in [0.5, 0.6) is 23.0 Å². The molecular weight excluding hydrogens is 754 g/mol. The number of aliphatic imine (C=N–C) groups is 2. The summed E-state index contributed by atoms with van der Waals surface area (Å²) in [6.45, 7) is 0. The number of carbonyl (C=O) groups is 2. The second kappa shape index (κ2) is 15.8. The Morgan fingerprint density at radius 1 is 0.661 bits per heavy atom. The predicted molar refractivity (Wildman–Crippen MR) is 194 cm³/mol. The molecule has 0 unspecified atom stereocenters. The third-order valence-corrected chi connectivity index (χ3v) is 7.46. The summed E-state index contributed by atoms with van der Waals surface area (Å²) in [5.74, 6) is -1.46. The lowest BCUT2D eigenvalue weighted by Gasteiger charge is -2.12. The van der Waals surface area contributed by atoms with E-state index in [-0.39, 0.29) is 68.1 Å². The molecule has 12 N–H and O–H groups in total. The minimum atomic E-state index is -4.68. The number of pyridine rings is 2. The third-order valence-electron chi connectivity index (χ3n) is 7.46. The Balaban J connectivity index is 0.000000214. The van der Waals surface area contributed by atoms with E-state index in [0.717, 1.165) is 30.3 Å². The number of nitrogens with one attached hydrogen (secondary N) is 4. The summed E-state index contributed by atoms with van der Waals surface area (Å²) >= 11 is 0. The number of H-pyrrole nitrogens is 2. The SMILES string of the molecule is CN=C(N)NC(=O)c1cc2c(C(F)(F)F)cc(Oc3cncc(N)c3)cc2[nH]1.CN=C(N)NC(=O)c1cc2c(C(F)(F)F)ccc(Oc3cncc(N)c3)c2[nH]1. The molecule has 0 atom stereocenters. The maximum absolute atomic E-state index is 13.5. The van der Waals surface area contributed by atoms with Gasteiger partial charge in [0.1, 0.15) is 28.6 Å². The summed E-state index contributed by atoms with van der Waals surface area (Å²) in [5, 5.41) is 4.07. The summed E-state index contributed by atoms with van der Waals surface area (Å²) in [4.78, 5) is 44.4. The van der Waals surface area contributed by atoms with Gasteiger partial charge in [0, 0.05) is 43.1 Å². The molecule has 0 fully saturated rings. The Kier molecular flexibility index (Phi) is 11.2. The Morgan fingerprint density at radius 2 is 1.18 bits per heavy atom. The molecule has 0 saturated carbocycles. The fourth-order valence-corrected chi connectivity index (χ4v) is 5.00. The van der Waals surface area contributed by atoms with Crippen molar-refractivity contribution in [3.8, 4) is 23.0 Å². The number of anilines is 2. The molecule has 292 valence electrons. The number of rotatable bonds is 6. The number of hydrogen-bond donors (Lipinski definition) is 8. The number of nitrogens with two attached hydrogens (primary N) is 4. The molecule has 0 saturated heterocycles. The summed E-state index contributed by atoms with van der Waals surface area (Å²) in [6.07, 6.45) is -3.87. The number of aromatic nitrogens is 4. The first-order chi connectivity index (χ1) is 26.4. The number of halogens is 6. The summed E-state index contributed by atoms with van der Waals surface area (Å²) in [7, 11) is 2.71. The number of ether oxygens (including phenoxy) is 2. The zero-order chi connectivity index (χ0) is 40.9. The molecule has 0 bridgehead atoms. The van der Waals surface area contributed by atoms with Crippen molar-refractivity contribution < 1.29 is 45.4 Å². The van der Waals surface area contributed by atoms with Crippen molar-refractivity contribution in [2.75, 3.05) is 25.6 Å². The van der Waals surface area contributed by atoms with Crippen LogP contribution in [0.25, 0.3) is 21.8 Å². The van der Waals surface area contributed by atoms with Crippen LogP contribution in [0.15, 0.2) is 83.3 Å². The number of nitrogen functional groups attached to an aromatic ring is 2. The zero-order valence-corrected chi connectivity index (χ0v) is 28.9. The number of carbonyl (C=O) groups excluding carboxylic acids is 2. The molecule has 56 heavy (non-hydrogen) atoms. The molecule has 0 radical (unpaired) electrons. The second-order valence-corrected chi connectivity index (χ2v) is 11.4. The van der Waals surface area contributed by atoms with E-state index in [1.54, 1.807) is 0 Å². The molecule has 16 nitrogen and oxygen atoms in total. The van der Waals surface area contributed by atoms with Gasteiger partial charge in [0.05, 0.1) is 58.3 Å². The predicted octanol–water partition coefficient (Wildman–Crippen LogP) is 5.26. The number of benzene rings is 2. The number of guanidine groups is 2. The van der Waals surface area contributed by atoms with Gasteiger partial charge < -0.3 is 42.4 Å². The van der Waals surface area contributed by atoms with Gasteiger partial charge in [-0.15, -0.1) is 0 Å². The van der Waals surface area contributed by atoms with E-state index in [1.165, 1.54) is 57.1 Å². The number of fused-ring (bicyclic) bond motifs is 2. The molecule has 0 spiro atoms. The first-order valence-corrected chi connectivity index (χ1v) is 15.7. The lowest BCUT2D eigenvalue weighted by molar-refractivity contribution is -0.137. The summed E-state index contributed by atoms with van der Waals surface area (Å²) in [5.41, 5.74) is 20.6. The molecule has 0 aliphatic heterocycles. The molecule has 2 amide bonds. The lowest BCUT2D eigenvalue weighted by atomic mass is 10.1. The largest absolute Gasteiger partial charge is 0.456 e. The normalized spacial score (nSPS) is 12.2. The third kappa shape index (κ3) is 9.34. The van der Waals surface area contributed by atoms with Gasteiger partial charge in [-0.05, 0) is 30.3 Å². The summed E-state index contributed by atoms with van der Waals surface area (Å²) in [6, 6.07) is 9.23. The molecule has 6 rings (SSSR count). The summed E-state index contributed by atoms with van der Waals surface area (Å²) < 4.78 is 91.8. The van der Waals surface area contributed by atoms with Gasteiger partial charge in [0.2, 0.25) is 0 Å². The van der Waals surface area contributed by atoms with Crippen molar-refractivity contribution in [2.24, 2.45) is 21.5 Å². The van der Waals surface area contributed by atoms with Gasteiger partial charge >= 0.3 is 12.4 Å². The van der Waals surface area contributed by atoms with Crippen LogP contribution in [-0.2, 0) is 12.4 Å². The Morgan fingerprint density at radius 3 is 1.70 bits per heavy atom. The molecule has 4 aromatic heterocycles. The van der Waals surface area contributed by atoms with Gasteiger partial charge in [-0.3, -0.25) is 40.2 Å². The van der Waals surface area contributed by atoms with Crippen LogP contribution >= 0.6 is 0 Å². The average molecular weight is 785 g/mol. The van der Waals surface area contributed by atoms with Crippen molar-refractivity contribution in [3.05, 3.63) is 95.8 Å². The first-order valence-electron chi connectivity index (χ1n) is 15.7. The molecule has 0 aliphatic carbocycles. The molecule has 0 aliphatic rings. The van der Waals surface area contributed by atoms with Crippen LogP contribution in [-0.4, -0.2) is 57.8 Å². The van der Waals surface area contributed by atoms with Gasteiger partial charge in [-0.25, -0.2) is 0 Å². The standard InChI is InChI=1S/2C17H15F3N6O2/c1-23-16(22)26-15(27)14-5-11-12(17(18,19)20)3-9(4-13(11)25-14)28-10-2-8(21)6-24-7-10;1-23-16(22)26-15(27)12-5-10-11(17(18,19)20)2-3-13(14(10)25-12)28-9-4-8(21)6-24-7-9/h2*2-7,25H,21H2,1H3,(H3,22,23,26,27). The smallest absolute Gasteiger partial charge is 0.417 e. The molecular formula is C34H30F6N12O4. The highest BCUT2D eigenvalue weighted by atomic mass is 19.4. The highest BCUT2D eigenvalue weighted by molar-refractivity contribution is 6.08. The molecule has 2 aromatic carbocycles. The van der Waals surface area contributed by atoms with Gasteiger partial charge in [-0.2, -0.15) is 26.3 Å². The first kappa shape index (κ1) is 39.7. The van der Waals surface area contributed by atoms with E-state index in [2.05, 4.69) is 40.6 Å². The number of amides is 2.